The summed E-state index contributed by atoms with van der Waals surface area (Å²) in [5, 5.41) is 6.76. The van der Waals surface area contributed by atoms with Gasteiger partial charge in [-0.15, -0.1) is 23.1 Å². The summed E-state index contributed by atoms with van der Waals surface area (Å²) >= 11 is 3.25. The number of thiazole rings is 1. The molecule has 0 aliphatic heterocycles. The van der Waals surface area contributed by atoms with Crippen LogP contribution >= 0.6 is 23.1 Å². The predicted molar refractivity (Wildman–Crippen MR) is 106 cm³/mol. The number of nitrogens with one attached hydrogen (secondary N) is 1. The number of aromatic nitrogens is 1. The minimum Gasteiger partial charge on any atom is -0.466 e. The highest BCUT2D eigenvalue weighted by Crippen LogP contribution is 2.23. The predicted octanol–water partition coefficient (Wildman–Crippen LogP) is 4.44. The fourth-order valence-corrected chi connectivity index (χ4v) is 3.57. The SMILES string of the molecule is CCOC(=O)Cc1csc(NN=Cc2ccccc2SCC(C)C)n1. The van der Waals surface area contributed by atoms with E-state index >= 15 is 0 Å². The van der Waals surface area contributed by atoms with Crippen LogP contribution in [0.3, 0.4) is 0 Å². The number of carbonyl (C=O) groups excluding carboxylic acids is 1. The summed E-state index contributed by atoms with van der Waals surface area (Å²) in [5.74, 6) is 1.45. The highest BCUT2D eigenvalue weighted by molar-refractivity contribution is 7.99. The maximum atomic E-state index is 11.5. The maximum Gasteiger partial charge on any atom is 0.311 e. The molecule has 2 aromatic rings. The van der Waals surface area contributed by atoms with E-state index in [1.54, 1.807) is 13.1 Å². The molecule has 5 nitrogen and oxygen atoms in total. The van der Waals surface area contributed by atoms with Crippen LogP contribution in [-0.2, 0) is 16.0 Å². The van der Waals surface area contributed by atoms with Crippen molar-refractivity contribution in [1.82, 2.24) is 4.98 Å². The third-order valence-electron chi connectivity index (χ3n) is 3.04. The van der Waals surface area contributed by atoms with Crippen molar-refractivity contribution in [3.63, 3.8) is 0 Å². The zero-order valence-electron chi connectivity index (χ0n) is 14.7. The number of anilines is 1. The number of rotatable bonds is 9. The third-order valence-corrected chi connectivity index (χ3v) is 5.35. The van der Waals surface area contributed by atoms with Crippen LogP contribution in [0.15, 0.2) is 39.6 Å². The zero-order chi connectivity index (χ0) is 18.1. The molecule has 0 bridgehead atoms. The van der Waals surface area contributed by atoms with Gasteiger partial charge >= 0.3 is 5.97 Å². The van der Waals surface area contributed by atoms with Crippen LogP contribution in [0.25, 0.3) is 0 Å². The molecule has 0 aliphatic rings. The third kappa shape index (κ3) is 6.88. The number of ether oxygens (including phenoxy) is 1. The summed E-state index contributed by atoms with van der Waals surface area (Å²) in [7, 11) is 0. The van der Waals surface area contributed by atoms with Crippen molar-refractivity contribution in [2.24, 2.45) is 11.0 Å². The van der Waals surface area contributed by atoms with Gasteiger partial charge in [0.1, 0.15) is 0 Å². The quantitative estimate of drug-likeness (QED) is 0.303. The van der Waals surface area contributed by atoms with Gasteiger partial charge < -0.3 is 4.74 Å². The van der Waals surface area contributed by atoms with Crippen molar-refractivity contribution in [1.29, 1.82) is 0 Å². The fourth-order valence-electron chi connectivity index (χ4n) is 1.93. The Bertz CT molecular complexity index is 714. The molecule has 1 aromatic carbocycles. The van der Waals surface area contributed by atoms with Gasteiger partial charge in [-0.3, -0.25) is 10.2 Å². The molecule has 1 heterocycles. The van der Waals surface area contributed by atoms with Crippen molar-refractivity contribution >= 4 is 40.4 Å². The van der Waals surface area contributed by atoms with Gasteiger partial charge in [0.25, 0.3) is 0 Å². The van der Waals surface area contributed by atoms with E-state index in [1.165, 1.54) is 16.2 Å². The largest absolute Gasteiger partial charge is 0.466 e. The average Bonchev–Trinajstić information content (AvgIpc) is 3.01. The van der Waals surface area contributed by atoms with Crippen molar-refractivity contribution in [2.45, 2.75) is 32.1 Å². The van der Waals surface area contributed by atoms with E-state index in [0.29, 0.717) is 23.4 Å². The lowest BCUT2D eigenvalue weighted by atomic mass is 10.2. The van der Waals surface area contributed by atoms with Crippen LogP contribution < -0.4 is 5.43 Å². The summed E-state index contributed by atoms with van der Waals surface area (Å²) in [5.41, 5.74) is 4.69. The van der Waals surface area contributed by atoms with Gasteiger partial charge in [-0.1, -0.05) is 32.0 Å². The van der Waals surface area contributed by atoms with Gasteiger partial charge in [-0.05, 0) is 18.9 Å². The van der Waals surface area contributed by atoms with Gasteiger partial charge in [0, 0.05) is 21.6 Å². The molecule has 0 saturated carbocycles. The van der Waals surface area contributed by atoms with Gasteiger partial charge in [0.15, 0.2) is 0 Å². The second-order valence-electron chi connectivity index (χ2n) is 5.74. The van der Waals surface area contributed by atoms with E-state index in [9.17, 15) is 4.79 Å². The minimum atomic E-state index is -0.265. The molecular formula is C18H23N3O2S2. The van der Waals surface area contributed by atoms with Crippen molar-refractivity contribution in [2.75, 3.05) is 17.8 Å². The minimum absolute atomic E-state index is 0.185. The van der Waals surface area contributed by atoms with E-state index < -0.39 is 0 Å². The summed E-state index contributed by atoms with van der Waals surface area (Å²) in [6.45, 7) is 6.59. The first-order valence-electron chi connectivity index (χ1n) is 8.19. The summed E-state index contributed by atoms with van der Waals surface area (Å²) < 4.78 is 4.92. The Hall–Kier alpha value is -1.86. The van der Waals surface area contributed by atoms with Crippen molar-refractivity contribution in [3.05, 3.63) is 40.9 Å². The topological polar surface area (TPSA) is 63.6 Å². The molecule has 2 rings (SSSR count). The fraction of sp³-hybridized carbons (Fsp3) is 0.389. The van der Waals surface area contributed by atoms with Gasteiger partial charge in [0.05, 0.1) is 24.9 Å². The monoisotopic (exact) mass is 377 g/mol. The Balaban J connectivity index is 1.93. The van der Waals surface area contributed by atoms with Gasteiger partial charge in [0.2, 0.25) is 5.13 Å². The Morgan fingerprint density at radius 1 is 1.44 bits per heavy atom. The molecular weight excluding hydrogens is 354 g/mol. The number of nitrogens with zero attached hydrogens (tertiary/aromatic N) is 2. The first kappa shape index (κ1) is 19.5. The number of hydrazone groups is 1. The molecule has 0 amide bonds. The van der Waals surface area contributed by atoms with Crippen LogP contribution in [0.2, 0.25) is 0 Å². The van der Waals surface area contributed by atoms with E-state index in [2.05, 4.69) is 35.4 Å². The van der Waals surface area contributed by atoms with Crippen LogP contribution in [0.5, 0.6) is 0 Å². The van der Waals surface area contributed by atoms with Crippen LogP contribution in [0.1, 0.15) is 32.0 Å². The normalized spacial score (nSPS) is 11.2. The molecule has 0 radical (unpaired) electrons. The number of thioether (sulfide) groups is 1. The highest BCUT2D eigenvalue weighted by Gasteiger charge is 2.08. The molecule has 0 spiro atoms. The Kier molecular flexibility index (Phi) is 7.94. The molecule has 0 unspecified atom stereocenters. The Labute approximate surface area is 156 Å². The van der Waals surface area contributed by atoms with Crippen molar-refractivity contribution in [3.8, 4) is 0 Å². The average molecular weight is 378 g/mol. The molecule has 1 N–H and O–H groups in total. The molecule has 0 atom stereocenters. The molecule has 134 valence electrons. The van der Waals surface area contributed by atoms with E-state index in [1.807, 2.05) is 35.3 Å². The van der Waals surface area contributed by atoms with Gasteiger partial charge in [-0.2, -0.15) is 5.10 Å². The molecule has 1 aromatic heterocycles. The highest BCUT2D eigenvalue weighted by atomic mass is 32.2. The molecule has 0 aliphatic carbocycles. The lowest BCUT2D eigenvalue weighted by molar-refractivity contribution is -0.142. The summed E-state index contributed by atoms with van der Waals surface area (Å²) in [4.78, 5) is 17.0. The Morgan fingerprint density at radius 3 is 3.00 bits per heavy atom. The molecule has 25 heavy (non-hydrogen) atoms. The number of hydrogen-bond donors (Lipinski definition) is 1. The second kappa shape index (κ2) is 10.2. The first-order valence-corrected chi connectivity index (χ1v) is 10.1. The summed E-state index contributed by atoms with van der Waals surface area (Å²) in [6, 6.07) is 8.19. The number of hydrogen-bond acceptors (Lipinski definition) is 7. The van der Waals surface area contributed by atoms with Crippen LogP contribution in [0, 0.1) is 5.92 Å². The number of carbonyl (C=O) groups is 1. The summed E-state index contributed by atoms with van der Waals surface area (Å²) in [6.07, 6.45) is 1.99. The Morgan fingerprint density at radius 2 is 2.24 bits per heavy atom. The first-order chi connectivity index (χ1) is 12.1. The molecule has 0 saturated heterocycles. The smallest absolute Gasteiger partial charge is 0.311 e. The van der Waals surface area contributed by atoms with E-state index in [0.717, 1.165) is 11.3 Å². The zero-order valence-corrected chi connectivity index (χ0v) is 16.3. The molecule has 7 heteroatoms. The second-order valence-corrected chi connectivity index (χ2v) is 7.66. The lowest BCUT2D eigenvalue weighted by Gasteiger charge is -2.07. The maximum absolute atomic E-state index is 11.5. The van der Waals surface area contributed by atoms with E-state index in [-0.39, 0.29) is 12.4 Å². The molecule has 0 fully saturated rings. The number of esters is 1. The number of benzene rings is 1. The standard InChI is InChI=1S/C18H23N3O2S2/c1-4-23-17(22)9-15-12-25-18(20-15)21-19-10-14-7-5-6-8-16(14)24-11-13(2)3/h5-8,10,12-13H,4,9,11H2,1-3H3,(H,20,21). The van der Waals surface area contributed by atoms with E-state index in [4.69, 9.17) is 4.74 Å². The van der Waals surface area contributed by atoms with Crippen LogP contribution in [0.4, 0.5) is 5.13 Å². The lowest BCUT2D eigenvalue weighted by Crippen LogP contribution is -2.07. The van der Waals surface area contributed by atoms with Gasteiger partial charge in [-0.25, -0.2) is 4.98 Å². The van der Waals surface area contributed by atoms with Crippen molar-refractivity contribution < 1.29 is 9.53 Å². The van der Waals surface area contributed by atoms with Crippen LogP contribution in [-0.4, -0.2) is 29.5 Å².